The quantitative estimate of drug-likeness (QED) is 0.662. The molecule has 2 aromatic carbocycles. The standard InChI is InChI=1S/C24H23N3O4/c1-17(28)25-20(15-18-7-3-2-4-8-18)23(29)26-11-13-27(14-12-26)24(30)22-16-19-9-5-6-10-21(19)31-22/h2-10,15-16H,11-14H2,1H3,(H,25,28)/b20-15-. The van der Waals surface area contributed by atoms with Crippen LogP contribution in [0.4, 0.5) is 0 Å². The molecule has 1 N–H and O–H groups in total. The van der Waals surface area contributed by atoms with Crippen LogP contribution in [0, 0.1) is 0 Å². The fourth-order valence-electron chi connectivity index (χ4n) is 3.58. The highest BCUT2D eigenvalue weighted by Gasteiger charge is 2.28. The lowest BCUT2D eigenvalue weighted by atomic mass is 10.1. The maximum Gasteiger partial charge on any atom is 0.289 e. The normalized spacial score (nSPS) is 14.5. The lowest BCUT2D eigenvalue weighted by Gasteiger charge is -2.34. The van der Waals surface area contributed by atoms with Gasteiger partial charge in [0.1, 0.15) is 11.3 Å². The van der Waals surface area contributed by atoms with Gasteiger partial charge in [-0.25, -0.2) is 0 Å². The monoisotopic (exact) mass is 417 g/mol. The van der Waals surface area contributed by atoms with E-state index in [-0.39, 0.29) is 23.4 Å². The predicted molar refractivity (Wildman–Crippen MR) is 117 cm³/mol. The van der Waals surface area contributed by atoms with Crippen molar-refractivity contribution in [3.05, 3.63) is 77.7 Å². The molecule has 1 aliphatic heterocycles. The molecule has 0 aliphatic carbocycles. The van der Waals surface area contributed by atoms with Crippen molar-refractivity contribution in [2.75, 3.05) is 26.2 Å². The molecular weight excluding hydrogens is 394 g/mol. The Hall–Kier alpha value is -3.87. The van der Waals surface area contributed by atoms with Crippen LogP contribution >= 0.6 is 0 Å². The Labute approximate surface area is 179 Å². The van der Waals surface area contributed by atoms with E-state index in [2.05, 4.69) is 5.32 Å². The largest absolute Gasteiger partial charge is 0.451 e. The van der Waals surface area contributed by atoms with E-state index in [0.29, 0.717) is 37.5 Å². The second kappa shape index (κ2) is 8.87. The molecule has 31 heavy (non-hydrogen) atoms. The van der Waals surface area contributed by atoms with Crippen LogP contribution < -0.4 is 5.32 Å². The smallest absolute Gasteiger partial charge is 0.289 e. The van der Waals surface area contributed by atoms with Gasteiger partial charge in [0.15, 0.2) is 5.76 Å². The average molecular weight is 417 g/mol. The summed E-state index contributed by atoms with van der Waals surface area (Å²) in [5, 5.41) is 3.52. The Balaban J connectivity index is 1.44. The van der Waals surface area contributed by atoms with Gasteiger partial charge in [-0.3, -0.25) is 14.4 Å². The molecule has 0 unspecified atom stereocenters. The topological polar surface area (TPSA) is 82.9 Å². The third kappa shape index (κ3) is 4.66. The zero-order chi connectivity index (χ0) is 21.8. The minimum atomic E-state index is -0.311. The van der Waals surface area contributed by atoms with Crippen LogP contribution in [0.15, 0.2) is 70.8 Å². The molecule has 7 nitrogen and oxygen atoms in total. The molecule has 3 aromatic rings. The highest BCUT2D eigenvalue weighted by atomic mass is 16.3. The zero-order valence-electron chi connectivity index (χ0n) is 17.2. The highest BCUT2D eigenvalue weighted by molar-refractivity contribution is 6.01. The molecular formula is C24H23N3O4. The number of furan rings is 1. The molecule has 0 radical (unpaired) electrons. The van der Waals surface area contributed by atoms with Crippen LogP contribution in [-0.4, -0.2) is 53.7 Å². The molecule has 4 rings (SSSR count). The van der Waals surface area contributed by atoms with Crippen LogP contribution in [0.25, 0.3) is 17.0 Å². The lowest BCUT2D eigenvalue weighted by Crippen LogP contribution is -2.51. The van der Waals surface area contributed by atoms with Crippen molar-refractivity contribution in [3.8, 4) is 0 Å². The zero-order valence-corrected chi connectivity index (χ0v) is 17.2. The van der Waals surface area contributed by atoms with Crippen LogP contribution in [0.2, 0.25) is 0 Å². The number of nitrogens with zero attached hydrogens (tertiary/aromatic N) is 2. The van der Waals surface area contributed by atoms with Gasteiger partial charge in [0.2, 0.25) is 5.91 Å². The summed E-state index contributed by atoms with van der Waals surface area (Å²) in [6.07, 6.45) is 1.66. The van der Waals surface area contributed by atoms with Gasteiger partial charge in [-0.15, -0.1) is 0 Å². The van der Waals surface area contributed by atoms with Gasteiger partial charge in [0.05, 0.1) is 0 Å². The van der Waals surface area contributed by atoms with E-state index < -0.39 is 0 Å². The van der Waals surface area contributed by atoms with Crippen molar-refractivity contribution in [1.82, 2.24) is 15.1 Å². The van der Waals surface area contributed by atoms with Crippen molar-refractivity contribution in [1.29, 1.82) is 0 Å². The van der Waals surface area contributed by atoms with Crippen molar-refractivity contribution in [3.63, 3.8) is 0 Å². The van der Waals surface area contributed by atoms with Crippen molar-refractivity contribution in [2.45, 2.75) is 6.92 Å². The fourth-order valence-corrected chi connectivity index (χ4v) is 3.58. The number of benzene rings is 2. The maximum absolute atomic E-state index is 13.0. The molecule has 0 spiro atoms. The molecule has 158 valence electrons. The molecule has 1 aliphatic rings. The number of carbonyl (C=O) groups excluding carboxylic acids is 3. The van der Waals surface area contributed by atoms with Gasteiger partial charge in [-0.1, -0.05) is 48.5 Å². The number of amides is 3. The molecule has 1 aromatic heterocycles. The average Bonchev–Trinajstić information content (AvgIpc) is 3.22. The molecule has 1 saturated heterocycles. The summed E-state index contributed by atoms with van der Waals surface area (Å²) in [4.78, 5) is 40.8. The summed E-state index contributed by atoms with van der Waals surface area (Å²) in [7, 11) is 0. The number of rotatable bonds is 4. The number of hydrogen-bond donors (Lipinski definition) is 1. The minimum absolute atomic E-state index is 0.190. The van der Waals surface area contributed by atoms with Gasteiger partial charge in [0, 0.05) is 38.5 Å². The van der Waals surface area contributed by atoms with E-state index in [4.69, 9.17) is 4.42 Å². The molecule has 3 amide bonds. The summed E-state index contributed by atoms with van der Waals surface area (Å²) >= 11 is 0. The molecule has 1 fully saturated rings. The third-order valence-corrected chi connectivity index (χ3v) is 5.14. The molecule has 0 bridgehead atoms. The Morgan fingerprint density at radius 2 is 1.55 bits per heavy atom. The Bertz CT molecular complexity index is 1110. The third-order valence-electron chi connectivity index (χ3n) is 5.14. The van der Waals surface area contributed by atoms with Crippen LogP contribution in [0.5, 0.6) is 0 Å². The van der Waals surface area contributed by atoms with Crippen molar-refractivity contribution < 1.29 is 18.8 Å². The van der Waals surface area contributed by atoms with Gasteiger partial charge >= 0.3 is 0 Å². The number of para-hydroxylation sites is 1. The first-order valence-corrected chi connectivity index (χ1v) is 10.1. The van der Waals surface area contributed by atoms with E-state index in [1.807, 2.05) is 54.6 Å². The Kier molecular flexibility index (Phi) is 5.84. The summed E-state index contributed by atoms with van der Waals surface area (Å²) in [5.74, 6) is -0.474. The van der Waals surface area contributed by atoms with Crippen LogP contribution in [-0.2, 0) is 9.59 Å². The van der Waals surface area contributed by atoms with E-state index in [1.54, 1.807) is 21.9 Å². The number of nitrogens with one attached hydrogen (secondary N) is 1. The second-order valence-electron chi connectivity index (χ2n) is 7.38. The molecule has 0 atom stereocenters. The van der Waals surface area contributed by atoms with E-state index in [0.717, 1.165) is 10.9 Å². The van der Waals surface area contributed by atoms with Crippen molar-refractivity contribution in [2.24, 2.45) is 0 Å². The second-order valence-corrected chi connectivity index (χ2v) is 7.38. The van der Waals surface area contributed by atoms with E-state index in [9.17, 15) is 14.4 Å². The van der Waals surface area contributed by atoms with Crippen LogP contribution in [0.3, 0.4) is 0 Å². The summed E-state index contributed by atoms with van der Waals surface area (Å²) in [5.41, 5.74) is 1.71. The SMILES string of the molecule is CC(=O)N/C(=C\c1ccccc1)C(=O)N1CCN(C(=O)c2cc3ccccc3o2)CC1. The highest BCUT2D eigenvalue weighted by Crippen LogP contribution is 2.21. The Morgan fingerprint density at radius 1 is 0.903 bits per heavy atom. The maximum atomic E-state index is 13.0. The number of carbonyl (C=O) groups is 3. The molecule has 0 saturated carbocycles. The van der Waals surface area contributed by atoms with E-state index >= 15 is 0 Å². The van der Waals surface area contributed by atoms with Crippen molar-refractivity contribution >= 4 is 34.8 Å². The minimum Gasteiger partial charge on any atom is -0.451 e. The van der Waals surface area contributed by atoms with Gasteiger partial charge in [0.25, 0.3) is 11.8 Å². The summed E-state index contributed by atoms with van der Waals surface area (Å²) in [6, 6.07) is 18.6. The first kappa shape index (κ1) is 20.4. The van der Waals surface area contributed by atoms with Gasteiger partial charge < -0.3 is 19.5 Å². The number of fused-ring (bicyclic) bond motifs is 1. The summed E-state index contributed by atoms with van der Waals surface area (Å²) in [6.45, 7) is 2.89. The Morgan fingerprint density at radius 3 is 2.23 bits per heavy atom. The number of hydrogen-bond acceptors (Lipinski definition) is 4. The summed E-state index contributed by atoms with van der Waals surface area (Å²) < 4.78 is 5.68. The fraction of sp³-hybridized carbons (Fsp3) is 0.208. The molecule has 2 heterocycles. The van der Waals surface area contributed by atoms with Gasteiger partial charge in [-0.05, 0) is 23.8 Å². The van der Waals surface area contributed by atoms with Gasteiger partial charge in [-0.2, -0.15) is 0 Å². The predicted octanol–water partition coefficient (Wildman–Crippen LogP) is 2.89. The first-order chi connectivity index (χ1) is 15.0. The first-order valence-electron chi connectivity index (χ1n) is 10.1. The van der Waals surface area contributed by atoms with E-state index in [1.165, 1.54) is 6.92 Å². The molecule has 7 heteroatoms. The van der Waals surface area contributed by atoms with Crippen LogP contribution in [0.1, 0.15) is 23.0 Å². The lowest BCUT2D eigenvalue weighted by molar-refractivity contribution is -0.130. The number of piperazine rings is 1.